The second kappa shape index (κ2) is 3.79. The number of aromatic nitrogens is 4. The van der Waals surface area contributed by atoms with Crippen molar-refractivity contribution in [3.05, 3.63) is 41.2 Å². The van der Waals surface area contributed by atoms with Gasteiger partial charge < -0.3 is 0 Å². The highest BCUT2D eigenvalue weighted by atomic mass is 35.5. The highest BCUT2D eigenvalue weighted by Crippen LogP contribution is 2.38. The van der Waals surface area contributed by atoms with Crippen molar-refractivity contribution in [3.8, 4) is 0 Å². The second-order valence-electron chi connectivity index (χ2n) is 3.18. The molecule has 1 aromatic heterocycles. The van der Waals surface area contributed by atoms with Crippen LogP contribution in [0.5, 0.6) is 0 Å². The maximum absolute atomic E-state index is 6.18. The van der Waals surface area contributed by atoms with E-state index in [1.807, 2.05) is 31.2 Å². The first-order chi connectivity index (χ1) is 7.10. The van der Waals surface area contributed by atoms with Gasteiger partial charge in [0.05, 0.1) is 0 Å². The van der Waals surface area contributed by atoms with Crippen LogP contribution in [0.15, 0.2) is 24.3 Å². The van der Waals surface area contributed by atoms with Crippen molar-refractivity contribution >= 4 is 23.2 Å². The molecule has 1 aromatic carbocycles. The van der Waals surface area contributed by atoms with Crippen LogP contribution in [0.3, 0.4) is 0 Å². The molecule has 0 bridgehead atoms. The summed E-state index contributed by atoms with van der Waals surface area (Å²) in [7, 11) is 0. The number of halogens is 2. The molecular weight excluding hydrogens is 235 g/mol. The molecule has 0 fully saturated rings. The van der Waals surface area contributed by atoms with Gasteiger partial charge in [0.15, 0.2) is 0 Å². The minimum Gasteiger partial charge on any atom is -0.177 e. The van der Waals surface area contributed by atoms with Crippen molar-refractivity contribution in [1.82, 2.24) is 20.6 Å². The monoisotopic (exact) mass is 242 g/mol. The van der Waals surface area contributed by atoms with E-state index in [-0.39, 0.29) is 5.82 Å². The van der Waals surface area contributed by atoms with Crippen molar-refractivity contribution in [3.63, 3.8) is 0 Å². The molecule has 0 radical (unpaired) electrons. The molecule has 0 spiro atoms. The van der Waals surface area contributed by atoms with Gasteiger partial charge in [-0.2, -0.15) is 5.21 Å². The highest BCUT2D eigenvalue weighted by molar-refractivity contribution is 6.49. The summed E-state index contributed by atoms with van der Waals surface area (Å²) in [5.41, 5.74) is 1.80. The van der Waals surface area contributed by atoms with E-state index in [9.17, 15) is 0 Å². The molecule has 4 nitrogen and oxygen atoms in total. The SMILES string of the molecule is Cc1cccc(C(Cl)(Cl)c2nn[nH]n2)c1. The van der Waals surface area contributed by atoms with E-state index in [0.717, 1.165) is 11.1 Å². The van der Waals surface area contributed by atoms with Crippen molar-refractivity contribution < 1.29 is 0 Å². The van der Waals surface area contributed by atoms with E-state index in [1.165, 1.54) is 0 Å². The number of H-pyrrole nitrogens is 1. The fraction of sp³-hybridized carbons (Fsp3) is 0.222. The summed E-state index contributed by atoms with van der Waals surface area (Å²) in [6, 6.07) is 7.55. The van der Waals surface area contributed by atoms with Crippen LogP contribution < -0.4 is 0 Å². The Bertz CT molecular complexity index is 453. The molecule has 1 heterocycles. The Balaban J connectivity index is 2.46. The highest BCUT2D eigenvalue weighted by Gasteiger charge is 2.33. The summed E-state index contributed by atoms with van der Waals surface area (Å²) in [4.78, 5) is 0. The molecule has 0 aliphatic carbocycles. The van der Waals surface area contributed by atoms with Gasteiger partial charge in [0.25, 0.3) is 0 Å². The maximum atomic E-state index is 6.18. The standard InChI is InChI=1S/C9H8Cl2N4/c1-6-3-2-4-7(5-6)9(10,11)8-12-14-15-13-8/h2-5H,1H3,(H,12,13,14,15). The van der Waals surface area contributed by atoms with E-state index < -0.39 is 4.33 Å². The van der Waals surface area contributed by atoms with E-state index in [1.54, 1.807) is 0 Å². The molecule has 15 heavy (non-hydrogen) atoms. The zero-order valence-corrected chi connectivity index (χ0v) is 9.42. The third-order valence-electron chi connectivity index (χ3n) is 2.01. The number of tetrazole rings is 1. The van der Waals surface area contributed by atoms with Gasteiger partial charge in [0.1, 0.15) is 0 Å². The summed E-state index contributed by atoms with van der Waals surface area (Å²) in [6.45, 7) is 1.96. The van der Waals surface area contributed by atoms with Crippen LogP contribution in [0.4, 0.5) is 0 Å². The van der Waals surface area contributed by atoms with Gasteiger partial charge in [0, 0.05) is 0 Å². The second-order valence-corrected chi connectivity index (χ2v) is 4.51. The Labute approximate surface area is 96.6 Å². The fourth-order valence-corrected chi connectivity index (χ4v) is 1.66. The normalized spacial score (nSPS) is 11.7. The Kier molecular flexibility index (Phi) is 2.63. The zero-order valence-electron chi connectivity index (χ0n) is 7.91. The van der Waals surface area contributed by atoms with E-state index in [0.29, 0.717) is 0 Å². The molecule has 0 aliphatic heterocycles. The molecule has 0 saturated carbocycles. The molecule has 0 aliphatic rings. The number of nitrogens with zero attached hydrogens (tertiary/aromatic N) is 3. The predicted octanol–water partition coefficient (Wildman–Crippen LogP) is 2.19. The average Bonchev–Trinajstić information content (AvgIpc) is 2.71. The van der Waals surface area contributed by atoms with Gasteiger partial charge >= 0.3 is 0 Å². The van der Waals surface area contributed by atoms with E-state index >= 15 is 0 Å². The van der Waals surface area contributed by atoms with Crippen molar-refractivity contribution in [2.45, 2.75) is 11.3 Å². The predicted molar refractivity (Wildman–Crippen MR) is 57.8 cm³/mol. The summed E-state index contributed by atoms with van der Waals surface area (Å²) in [6.07, 6.45) is 0. The minimum atomic E-state index is -1.26. The smallest absolute Gasteiger partial charge is 0.177 e. The third kappa shape index (κ3) is 1.96. The maximum Gasteiger partial charge on any atom is 0.215 e. The Morgan fingerprint density at radius 1 is 1.33 bits per heavy atom. The first-order valence-corrected chi connectivity index (χ1v) is 5.05. The topological polar surface area (TPSA) is 54.5 Å². The zero-order chi connectivity index (χ0) is 10.9. The fourth-order valence-electron chi connectivity index (χ4n) is 1.26. The first kappa shape index (κ1) is 10.4. The molecule has 0 unspecified atom stereocenters. The van der Waals surface area contributed by atoms with Gasteiger partial charge in [-0.05, 0) is 12.5 Å². The summed E-state index contributed by atoms with van der Waals surface area (Å²) < 4.78 is -1.26. The first-order valence-electron chi connectivity index (χ1n) is 4.29. The van der Waals surface area contributed by atoms with Crippen LogP contribution in [0.2, 0.25) is 0 Å². The summed E-state index contributed by atoms with van der Waals surface area (Å²) in [5.74, 6) is 0.247. The van der Waals surface area contributed by atoms with Crippen LogP contribution in [0.1, 0.15) is 17.0 Å². The van der Waals surface area contributed by atoms with Gasteiger partial charge in [-0.3, -0.25) is 0 Å². The van der Waals surface area contributed by atoms with Crippen molar-refractivity contribution in [1.29, 1.82) is 0 Å². The van der Waals surface area contributed by atoms with Crippen molar-refractivity contribution in [2.75, 3.05) is 0 Å². The van der Waals surface area contributed by atoms with Crippen LogP contribution in [-0.4, -0.2) is 20.6 Å². The average molecular weight is 243 g/mol. The van der Waals surface area contributed by atoms with Gasteiger partial charge in [-0.1, -0.05) is 58.2 Å². The van der Waals surface area contributed by atoms with Gasteiger partial charge in [-0.25, -0.2) is 0 Å². The largest absolute Gasteiger partial charge is 0.215 e. The number of nitrogens with one attached hydrogen (secondary N) is 1. The van der Waals surface area contributed by atoms with E-state index in [2.05, 4.69) is 20.6 Å². The lowest BCUT2D eigenvalue weighted by atomic mass is 10.1. The quantitative estimate of drug-likeness (QED) is 0.822. The molecule has 78 valence electrons. The third-order valence-corrected chi connectivity index (χ3v) is 2.78. The lowest BCUT2D eigenvalue weighted by molar-refractivity contribution is 0.881. The molecule has 0 amide bonds. The molecular formula is C9H8Cl2N4. The van der Waals surface area contributed by atoms with E-state index in [4.69, 9.17) is 23.2 Å². The Morgan fingerprint density at radius 3 is 2.73 bits per heavy atom. The number of aryl methyl sites for hydroxylation is 1. The molecule has 2 aromatic rings. The molecule has 0 saturated heterocycles. The number of rotatable bonds is 2. The van der Waals surface area contributed by atoms with Crippen LogP contribution >= 0.6 is 23.2 Å². The van der Waals surface area contributed by atoms with Crippen LogP contribution in [0.25, 0.3) is 0 Å². The van der Waals surface area contributed by atoms with Crippen LogP contribution in [0, 0.1) is 6.92 Å². The summed E-state index contributed by atoms with van der Waals surface area (Å²) >= 11 is 12.4. The van der Waals surface area contributed by atoms with Crippen molar-refractivity contribution in [2.24, 2.45) is 0 Å². The number of benzene rings is 1. The number of hydrogen-bond donors (Lipinski definition) is 1. The lowest BCUT2D eigenvalue weighted by Crippen LogP contribution is -2.14. The number of alkyl halides is 2. The van der Waals surface area contributed by atoms with Gasteiger partial charge in [0.2, 0.25) is 10.2 Å². The minimum absolute atomic E-state index is 0.247. The molecule has 6 heteroatoms. The molecule has 1 N–H and O–H groups in total. The Hall–Kier alpha value is -1.13. The molecule has 0 atom stereocenters. The summed E-state index contributed by atoms with van der Waals surface area (Å²) in [5, 5.41) is 13.3. The number of hydrogen-bond acceptors (Lipinski definition) is 3. The molecule has 2 rings (SSSR count). The van der Waals surface area contributed by atoms with Gasteiger partial charge in [-0.15, -0.1) is 10.2 Å². The Morgan fingerprint density at radius 2 is 2.13 bits per heavy atom. The lowest BCUT2D eigenvalue weighted by Gasteiger charge is -2.15. The van der Waals surface area contributed by atoms with Crippen LogP contribution in [-0.2, 0) is 4.33 Å². The number of aromatic amines is 1.